The zero-order valence-corrected chi connectivity index (χ0v) is 10.5. The lowest BCUT2D eigenvalue weighted by Crippen LogP contribution is -2.43. The predicted octanol–water partition coefficient (Wildman–Crippen LogP) is 0.268. The number of sulfone groups is 1. The minimum Gasteiger partial charge on any atom is -0.393 e. The van der Waals surface area contributed by atoms with E-state index in [1.54, 1.807) is 0 Å². The van der Waals surface area contributed by atoms with Gasteiger partial charge >= 0.3 is 0 Å². The van der Waals surface area contributed by atoms with E-state index in [1.807, 2.05) is 0 Å². The molecule has 1 heterocycles. The van der Waals surface area contributed by atoms with E-state index in [0.717, 1.165) is 32.2 Å². The molecular weight excluding hydrogens is 226 g/mol. The molecular formula is C11H21NO3S. The summed E-state index contributed by atoms with van der Waals surface area (Å²) < 4.78 is 22.5. The first-order valence-electron chi connectivity index (χ1n) is 6.16. The smallest absolute Gasteiger partial charge is 0.152 e. The highest BCUT2D eigenvalue weighted by molar-refractivity contribution is 7.91. The van der Waals surface area contributed by atoms with Crippen molar-refractivity contribution in [3.8, 4) is 0 Å². The molecule has 0 atom stereocenters. The molecule has 16 heavy (non-hydrogen) atoms. The van der Waals surface area contributed by atoms with Gasteiger partial charge in [-0.15, -0.1) is 0 Å². The molecule has 1 saturated carbocycles. The molecule has 0 bridgehead atoms. The molecule has 0 aromatic rings. The average Bonchev–Trinajstić information content (AvgIpc) is 2.24. The van der Waals surface area contributed by atoms with Crippen LogP contribution < -0.4 is 0 Å². The summed E-state index contributed by atoms with van der Waals surface area (Å²) in [6.07, 6.45) is 3.90. The van der Waals surface area contributed by atoms with Crippen molar-refractivity contribution in [3.63, 3.8) is 0 Å². The van der Waals surface area contributed by atoms with Gasteiger partial charge in [0.05, 0.1) is 17.6 Å². The third-order valence-corrected chi connectivity index (χ3v) is 5.38. The van der Waals surface area contributed by atoms with Crippen LogP contribution in [-0.2, 0) is 9.84 Å². The Morgan fingerprint density at radius 1 is 1.06 bits per heavy atom. The molecule has 2 fully saturated rings. The summed E-state index contributed by atoms with van der Waals surface area (Å²) in [5, 5.41) is 9.41. The van der Waals surface area contributed by atoms with Crippen LogP contribution >= 0.6 is 0 Å². The molecule has 0 radical (unpaired) electrons. The van der Waals surface area contributed by atoms with E-state index in [9.17, 15) is 13.5 Å². The summed E-state index contributed by atoms with van der Waals surface area (Å²) in [4.78, 5) is 2.27. The second-order valence-electron chi connectivity index (χ2n) is 5.13. The van der Waals surface area contributed by atoms with E-state index < -0.39 is 9.84 Å². The molecule has 1 aliphatic carbocycles. The first kappa shape index (κ1) is 12.3. The van der Waals surface area contributed by atoms with Gasteiger partial charge in [0, 0.05) is 19.6 Å². The van der Waals surface area contributed by atoms with Gasteiger partial charge in [0.1, 0.15) is 0 Å². The maximum atomic E-state index is 11.3. The molecule has 0 aromatic carbocycles. The van der Waals surface area contributed by atoms with Gasteiger partial charge in [-0.2, -0.15) is 0 Å². The SMILES string of the molecule is O=S1(=O)CCN(CC2CCC(O)CC2)CC1. The number of aliphatic hydroxyl groups excluding tert-OH is 1. The van der Waals surface area contributed by atoms with Crippen LogP contribution in [-0.4, -0.2) is 55.7 Å². The zero-order chi connectivity index (χ0) is 11.6. The Labute approximate surface area is 97.6 Å². The van der Waals surface area contributed by atoms with Crippen LogP contribution in [0.5, 0.6) is 0 Å². The van der Waals surface area contributed by atoms with Crippen molar-refractivity contribution in [2.45, 2.75) is 31.8 Å². The highest BCUT2D eigenvalue weighted by Crippen LogP contribution is 2.25. The van der Waals surface area contributed by atoms with Crippen molar-refractivity contribution in [1.82, 2.24) is 4.90 Å². The number of hydrogen-bond donors (Lipinski definition) is 1. The lowest BCUT2D eigenvalue weighted by molar-refractivity contribution is 0.0952. The molecule has 2 aliphatic rings. The van der Waals surface area contributed by atoms with Gasteiger partial charge < -0.3 is 10.0 Å². The summed E-state index contributed by atoms with van der Waals surface area (Å²) in [6.45, 7) is 2.41. The predicted molar refractivity (Wildman–Crippen MR) is 63.1 cm³/mol. The second kappa shape index (κ2) is 5.02. The van der Waals surface area contributed by atoms with E-state index >= 15 is 0 Å². The van der Waals surface area contributed by atoms with E-state index in [4.69, 9.17) is 0 Å². The monoisotopic (exact) mass is 247 g/mol. The van der Waals surface area contributed by atoms with Crippen LogP contribution in [0.2, 0.25) is 0 Å². The number of nitrogens with zero attached hydrogens (tertiary/aromatic N) is 1. The molecule has 1 aliphatic heterocycles. The third kappa shape index (κ3) is 3.43. The largest absolute Gasteiger partial charge is 0.393 e. The third-order valence-electron chi connectivity index (χ3n) is 3.77. The topological polar surface area (TPSA) is 57.6 Å². The standard InChI is InChI=1S/C11H21NO3S/c13-11-3-1-10(2-4-11)9-12-5-7-16(14,15)8-6-12/h10-11,13H,1-9H2. The Balaban J connectivity index is 1.75. The van der Waals surface area contributed by atoms with Crippen LogP contribution in [0.25, 0.3) is 0 Å². The number of aliphatic hydroxyl groups is 1. The quantitative estimate of drug-likeness (QED) is 0.761. The Bertz CT molecular complexity index is 306. The van der Waals surface area contributed by atoms with E-state index in [0.29, 0.717) is 30.5 Å². The van der Waals surface area contributed by atoms with Gasteiger partial charge in [-0.3, -0.25) is 0 Å². The molecule has 0 aromatic heterocycles. The summed E-state index contributed by atoms with van der Waals surface area (Å²) in [6, 6.07) is 0. The average molecular weight is 247 g/mol. The van der Waals surface area contributed by atoms with Crippen molar-refractivity contribution in [2.75, 3.05) is 31.1 Å². The molecule has 0 spiro atoms. The lowest BCUT2D eigenvalue weighted by atomic mass is 9.87. The molecule has 1 N–H and O–H groups in total. The fourth-order valence-corrected chi connectivity index (χ4v) is 3.90. The highest BCUT2D eigenvalue weighted by Gasteiger charge is 2.25. The molecule has 94 valence electrons. The van der Waals surface area contributed by atoms with Crippen molar-refractivity contribution >= 4 is 9.84 Å². The van der Waals surface area contributed by atoms with E-state index in [2.05, 4.69) is 4.90 Å². The van der Waals surface area contributed by atoms with Crippen molar-refractivity contribution in [3.05, 3.63) is 0 Å². The van der Waals surface area contributed by atoms with Crippen LogP contribution in [0.1, 0.15) is 25.7 Å². The van der Waals surface area contributed by atoms with Gasteiger partial charge in [-0.25, -0.2) is 8.42 Å². The fraction of sp³-hybridized carbons (Fsp3) is 1.00. The molecule has 0 unspecified atom stereocenters. The Kier molecular flexibility index (Phi) is 3.87. The van der Waals surface area contributed by atoms with Crippen molar-refractivity contribution in [1.29, 1.82) is 0 Å². The first-order valence-corrected chi connectivity index (χ1v) is 7.98. The van der Waals surface area contributed by atoms with Crippen LogP contribution in [0.3, 0.4) is 0 Å². The first-order chi connectivity index (χ1) is 7.55. The van der Waals surface area contributed by atoms with Crippen LogP contribution in [0.4, 0.5) is 0 Å². The minimum absolute atomic E-state index is 0.0991. The number of hydrogen-bond acceptors (Lipinski definition) is 4. The molecule has 0 amide bonds. The Morgan fingerprint density at radius 3 is 2.19 bits per heavy atom. The summed E-state index contributed by atoms with van der Waals surface area (Å²) in [5.41, 5.74) is 0. The highest BCUT2D eigenvalue weighted by atomic mass is 32.2. The van der Waals surface area contributed by atoms with E-state index in [-0.39, 0.29) is 6.10 Å². The van der Waals surface area contributed by atoms with Crippen LogP contribution in [0, 0.1) is 5.92 Å². The van der Waals surface area contributed by atoms with Crippen molar-refractivity contribution < 1.29 is 13.5 Å². The van der Waals surface area contributed by atoms with Crippen molar-refractivity contribution in [2.24, 2.45) is 5.92 Å². The van der Waals surface area contributed by atoms with Crippen LogP contribution in [0.15, 0.2) is 0 Å². The Morgan fingerprint density at radius 2 is 1.62 bits per heavy atom. The van der Waals surface area contributed by atoms with E-state index in [1.165, 1.54) is 0 Å². The maximum Gasteiger partial charge on any atom is 0.152 e. The van der Waals surface area contributed by atoms with Gasteiger partial charge in [0.25, 0.3) is 0 Å². The zero-order valence-electron chi connectivity index (χ0n) is 9.64. The maximum absolute atomic E-state index is 11.3. The Hall–Kier alpha value is -0.130. The molecule has 4 nitrogen and oxygen atoms in total. The molecule has 2 rings (SSSR count). The summed E-state index contributed by atoms with van der Waals surface area (Å²) in [5.74, 6) is 1.30. The minimum atomic E-state index is -2.75. The molecule has 5 heteroatoms. The second-order valence-corrected chi connectivity index (χ2v) is 7.43. The summed E-state index contributed by atoms with van der Waals surface area (Å²) in [7, 11) is -2.75. The molecule has 1 saturated heterocycles. The lowest BCUT2D eigenvalue weighted by Gasteiger charge is -2.33. The van der Waals surface area contributed by atoms with Gasteiger partial charge in [0.15, 0.2) is 9.84 Å². The van der Waals surface area contributed by atoms with Gasteiger partial charge in [-0.05, 0) is 31.6 Å². The number of rotatable bonds is 2. The summed E-state index contributed by atoms with van der Waals surface area (Å²) >= 11 is 0. The normalized spacial score (nSPS) is 36.1. The fourth-order valence-electron chi connectivity index (χ4n) is 2.63. The van der Waals surface area contributed by atoms with Gasteiger partial charge in [0.2, 0.25) is 0 Å². The van der Waals surface area contributed by atoms with Gasteiger partial charge in [-0.1, -0.05) is 0 Å².